The van der Waals surface area contributed by atoms with E-state index < -0.39 is 0 Å². The molecular formula is C18H24N4OS. The van der Waals surface area contributed by atoms with E-state index in [2.05, 4.69) is 54.1 Å². The molecule has 3 aromatic rings. The van der Waals surface area contributed by atoms with Crippen LogP contribution in [0.5, 0.6) is 0 Å². The number of hydrogen-bond acceptors (Lipinski definition) is 3. The smallest absolute Gasteiger partial charge is 0.268 e. The first-order valence-corrected chi connectivity index (χ1v) is 9.21. The van der Waals surface area contributed by atoms with Gasteiger partial charge >= 0.3 is 0 Å². The van der Waals surface area contributed by atoms with Crippen molar-refractivity contribution in [2.75, 3.05) is 0 Å². The van der Waals surface area contributed by atoms with Crippen molar-refractivity contribution in [3.05, 3.63) is 40.2 Å². The average molecular weight is 344 g/mol. The zero-order chi connectivity index (χ0) is 17.4. The number of thiophene rings is 1. The van der Waals surface area contributed by atoms with E-state index in [1.54, 1.807) is 11.3 Å². The van der Waals surface area contributed by atoms with Gasteiger partial charge in [-0.1, -0.05) is 0 Å². The molecule has 0 unspecified atom stereocenters. The van der Waals surface area contributed by atoms with E-state index in [4.69, 9.17) is 0 Å². The quantitative estimate of drug-likeness (QED) is 0.759. The van der Waals surface area contributed by atoms with Gasteiger partial charge < -0.3 is 9.88 Å². The Morgan fingerprint density at radius 1 is 1.38 bits per heavy atom. The minimum atomic E-state index is -0.0323. The van der Waals surface area contributed by atoms with Crippen LogP contribution in [0.1, 0.15) is 54.3 Å². The first-order valence-electron chi connectivity index (χ1n) is 8.33. The van der Waals surface area contributed by atoms with Gasteiger partial charge in [-0.25, -0.2) is 0 Å². The van der Waals surface area contributed by atoms with Gasteiger partial charge in [0.1, 0.15) is 5.69 Å². The molecule has 3 aromatic heterocycles. The monoisotopic (exact) mass is 344 g/mol. The van der Waals surface area contributed by atoms with Crippen LogP contribution in [0.25, 0.3) is 10.2 Å². The Morgan fingerprint density at radius 3 is 2.75 bits per heavy atom. The number of carbonyl (C=O) groups excluding carboxylic acids is 1. The number of aryl methyl sites for hydroxylation is 2. The van der Waals surface area contributed by atoms with Crippen molar-refractivity contribution in [1.29, 1.82) is 0 Å². The zero-order valence-electron chi connectivity index (χ0n) is 14.9. The van der Waals surface area contributed by atoms with Crippen LogP contribution in [0.4, 0.5) is 0 Å². The van der Waals surface area contributed by atoms with Gasteiger partial charge in [-0.15, -0.1) is 11.3 Å². The minimum absolute atomic E-state index is 0.0323. The summed E-state index contributed by atoms with van der Waals surface area (Å²) in [5, 5.41) is 9.65. The van der Waals surface area contributed by atoms with Gasteiger partial charge in [-0.3, -0.25) is 9.48 Å². The van der Waals surface area contributed by atoms with Gasteiger partial charge in [0.2, 0.25) is 0 Å². The molecule has 0 radical (unpaired) electrons. The molecule has 0 saturated heterocycles. The lowest BCUT2D eigenvalue weighted by Crippen LogP contribution is -2.26. The van der Waals surface area contributed by atoms with E-state index in [1.165, 1.54) is 0 Å². The lowest BCUT2D eigenvalue weighted by Gasteiger charge is -2.14. The fourth-order valence-corrected chi connectivity index (χ4v) is 4.04. The molecule has 0 saturated carbocycles. The molecule has 24 heavy (non-hydrogen) atoms. The molecule has 0 aliphatic rings. The van der Waals surface area contributed by atoms with Crippen molar-refractivity contribution in [2.45, 2.75) is 53.8 Å². The van der Waals surface area contributed by atoms with E-state index in [0.717, 1.165) is 39.4 Å². The highest BCUT2D eigenvalue weighted by atomic mass is 32.1. The number of nitrogens with one attached hydrogen (secondary N) is 1. The summed E-state index contributed by atoms with van der Waals surface area (Å²) in [5.41, 5.74) is 5.07. The third-order valence-electron chi connectivity index (χ3n) is 4.47. The van der Waals surface area contributed by atoms with Crippen LogP contribution in [-0.4, -0.2) is 20.3 Å². The Bertz CT molecular complexity index is 884. The van der Waals surface area contributed by atoms with Gasteiger partial charge in [0.15, 0.2) is 0 Å². The summed E-state index contributed by atoms with van der Waals surface area (Å²) in [5.74, 6) is -0.0323. The normalized spacial score (nSPS) is 11.6. The van der Waals surface area contributed by atoms with Crippen molar-refractivity contribution < 1.29 is 4.79 Å². The van der Waals surface area contributed by atoms with Gasteiger partial charge in [0, 0.05) is 30.4 Å². The van der Waals surface area contributed by atoms with Crippen molar-refractivity contribution in [1.82, 2.24) is 19.7 Å². The minimum Gasteiger partial charge on any atom is -0.347 e. The molecule has 128 valence electrons. The summed E-state index contributed by atoms with van der Waals surface area (Å²) < 4.78 is 5.24. The zero-order valence-corrected chi connectivity index (χ0v) is 15.7. The lowest BCUT2D eigenvalue weighted by molar-refractivity contribution is 0.0940. The van der Waals surface area contributed by atoms with Crippen molar-refractivity contribution in [2.24, 2.45) is 0 Å². The highest BCUT2D eigenvalue weighted by Gasteiger charge is 2.19. The van der Waals surface area contributed by atoms with Gasteiger partial charge in [-0.05, 0) is 52.1 Å². The largest absolute Gasteiger partial charge is 0.347 e. The molecule has 5 nitrogen and oxygen atoms in total. The Hall–Kier alpha value is -2.08. The van der Waals surface area contributed by atoms with E-state index in [-0.39, 0.29) is 11.9 Å². The van der Waals surface area contributed by atoms with E-state index >= 15 is 0 Å². The Kier molecular flexibility index (Phi) is 4.49. The molecule has 3 heterocycles. The van der Waals surface area contributed by atoms with E-state index in [9.17, 15) is 4.79 Å². The lowest BCUT2D eigenvalue weighted by atomic mass is 10.2. The first-order chi connectivity index (χ1) is 11.4. The third kappa shape index (κ3) is 2.75. The molecule has 0 fully saturated rings. The molecule has 6 heteroatoms. The molecule has 0 bridgehead atoms. The molecular weight excluding hydrogens is 320 g/mol. The summed E-state index contributed by atoms with van der Waals surface area (Å²) in [6.07, 6.45) is 0. The van der Waals surface area contributed by atoms with Gasteiger partial charge in [-0.2, -0.15) is 5.10 Å². The van der Waals surface area contributed by atoms with Crippen LogP contribution in [0.15, 0.2) is 17.5 Å². The maximum Gasteiger partial charge on any atom is 0.268 e. The third-order valence-corrected chi connectivity index (χ3v) is 5.32. The summed E-state index contributed by atoms with van der Waals surface area (Å²) in [6.45, 7) is 11.7. The SMILES string of the molecule is CCn1nc(C)c(CNC(=O)c2cc3sccc3n2C(C)C)c1C. The predicted molar refractivity (Wildman–Crippen MR) is 98.7 cm³/mol. The predicted octanol–water partition coefficient (Wildman–Crippen LogP) is 4.05. The number of aromatic nitrogens is 3. The van der Waals surface area contributed by atoms with Crippen LogP contribution in [0, 0.1) is 13.8 Å². The molecule has 0 aromatic carbocycles. The molecule has 3 rings (SSSR count). The molecule has 0 atom stereocenters. The highest BCUT2D eigenvalue weighted by Crippen LogP contribution is 2.28. The number of amides is 1. The van der Waals surface area contributed by atoms with Gasteiger partial charge in [0.25, 0.3) is 5.91 Å². The maximum absolute atomic E-state index is 12.8. The number of rotatable bonds is 5. The second-order valence-electron chi connectivity index (χ2n) is 6.31. The summed E-state index contributed by atoms with van der Waals surface area (Å²) in [7, 11) is 0. The topological polar surface area (TPSA) is 51.9 Å². The van der Waals surface area contributed by atoms with Crippen molar-refractivity contribution in [3.8, 4) is 0 Å². The Morgan fingerprint density at radius 2 is 2.12 bits per heavy atom. The van der Waals surface area contributed by atoms with E-state index in [0.29, 0.717) is 6.54 Å². The Balaban J connectivity index is 1.85. The number of hydrogen-bond donors (Lipinski definition) is 1. The fraction of sp³-hybridized carbons (Fsp3) is 0.444. The number of fused-ring (bicyclic) bond motifs is 1. The molecule has 1 amide bonds. The highest BCUT2D eigenvalue weighted by molar-refractivity contribution is 7.17. The first kappa shape index (κ1) is 16.8. The van der Waals surface area contributed by atoms with Crippen molar-refractivity contribution >= 4 is 27.5 Å². The fourth-order valence-electron chi connectivity index (χ4n) is 3.23. The second kappa shape index (κ2) is 6.43. The van der Waals surface area contributed by atoms with Crippen LogP contribution >= 0.6 is 11.3 Å². The summed E-state index contributed by atoms with van der Waals surface area (Å²) in [4.78, 5) is 12.8. The van der Waals surface area contributed by atoms with Crippen LogP contribution < -0.4 is 5.32 Å². The van der Waals surface area contributed by atoms with E-state index in [1.807, 2.05) is 17.7 Å². The molecule has 0 spiro atoms. The van der Waals surface area contributed by atoms with Gasteiger partial charge in [0.05, 0.1) is 15.9 Å². The number of carbonyl (C=O) groups is 1. The standard InChI is InChI=1S/C18H24N4OS/c1-6-21-13(5)14(12(4)20-21)10-19-18(23)16-9-17-15(7-8-24-17)22(16)11(2)3/h7-9,11H,6,10H2,1-5H3,(H,19,23). The molecule has 1 N–H and O–H groups in total. The molecule has 0 aliphatic heterocycles. The maximum atomic E-state index is 12.8. The molecule has 0 aliphatic carbocycles. The Labute approximate surface area is 146 Å². The summed E-state index contributed by atoms with van der Waals surface area (Å²) in [6, 6.07) is 4.31. The second-order valence-corrected chi connectivity index (χ2v) is 7.26. The van der Waals surface area contributed by atoms with Crippen LogP contribution in [-0.2, 0) is 13.1 Å². The summed E-state index contributed by atoms with van der Waals surface area (Å²) >= 11 is 1.67. The average Bonchev–Trinajstić information content (AvgIpc) is 3.18. The number of nitrogens with zero attached hydrogens (tertiary/aromatic N) is 3. The van der Waals surface area contributed by atoms with Crippen LogP contribution in [0.2, 0.25) is 0 Å². The van der Waals surface area contributed by atoms with Crippen LogP contribution in [0.3, 0.4) is 0 Å². The van der Waals surface area contributed by atoms with Crippen molar-refractivity contribution in [3.63, 3.8) is 0 Å².